The van der Waals surface area contributed by atoms with Crippen molar-refractivity contribution < 1.29 is 8.98 Å². The first kappa shape index (κ1) is 14.2. The highest BCUT2D eigenvalue weighted by Crippen LogP contribution is 2.37. The van der Waals surface area contributed by atoms with Gasteiger partial charge in [-0.05, 0) is 40.4 Å². The Morgan fingerprint density at radius 2 is 1.72 bits per heavy atom. The van der Waals surface area contributed by atoms with E-state index in [1.165, 1.54) is 10.8 Å². The molecule has 0 bridgehead atoms. The normalized spacial score (nSPS) is 11.6. The average Bonchev–Trinajstić information content (AvgIpc) is 2.98. The molecule has 0 amide bonds. The van der Waals surface area contributed by atoms with Crippen LogP contribution in [0.4, 0.5) is 0 Å². The van der Waals surface area contributed by atoms with Gasteiger partial charge in [0.25, 0.3) is 0 Å². The minimum absolute atomic E-state index is 0.902. The maximum Gasteiger partial charge on any atom is 0.334 e. The summed E-state index contributed by atoms with van der Waals surface area (Å²) in [5.41, 5.74) is 4.03. The molecule has 5 aromatic rings. The molecule has 3 aromatic carbocycles. The summed E-state index contributed by atoms with van der Waals surface area (Å²) in [5.74, 6) is 0.911. The number of hydrogen-bond donors (Lipinski definition) is 0. The summed E-state index contributed by atoms with van der Waals surface area (Å²) in [7, 11) is 2.01. The predicted molar refractivity (Wildman–Crippen MR) is 100 cm³/mol. The van der Waals surface area contributed by atoms with E-state index < -0.39 is 0 Å². The average molecular weight is 325 g/mol. The van der Waals surface area contributed by atoms with Gasteiger partial charge in [-0.25, -0.2) is 4.57 Å². The maximum absolute atomic E-state index is 6.33. The first-order valence-corrected chi connectivity index (χ1v) is 8.38. The number of rotatable bonds is 1. The molecule has 0 N–H and O–H groups in total. The Morgan fingerprint density at radius 1 is 0.920 bits per heavy atom. The minimum Gasteiger partial charge on any atom is -0.455 e. The summed E-state index contributed by atoms with van der Waals surface area (Å²) in [6.07, 6.45) is 3.84. The predicted octanol–water partition coefficient (Wildman–Crippen LogP) is 4.93. The molecule has 25 heavy (non-hydrogen) atoms. The zero-order valence-electron chi connectivity index (χ0n) is 14.2. The highest BCUT2D eigenvalue weighted by atomic mass is 16.3. The van der Waals surface area contributed by atoms with Gasteiger partial charge in [0.2, 0.25) is 0 Å². The smallest absolute Gasteiger partial charge is 0.334 e. The number of nitrogens with zero attached hydrogens (tertiary/aromatic N) is 2. The largest absolute Gasteiger partial charge is 0.455 e. The van der Waals surface area contributed by atoms with Gasteiger partial charge in [0.05, 0.1) is 13.2 Å². The fraction of sp³-hybridized carbons (Fsp3) is 0.0909. The number of hydrogen-bond acceptors (Lipinski definition) is 2. The van der Waals surface area contributed by atoms with Crippen molar-refractivity contribution in [3.05, 3.63) is 72.6 Å². The van der Waals surface area contributed by atoms with Crippen LogP contribution in [0.25, 0.3) is 44.1 Å². The second kappa shape index (κ2) is 5.15. The molecule has 0 aliphatic rings. The van der Waals surface area contributed by atoms with Gasteiger partial charge in [0.15, 0.2) is 5.58 Å². The van der Waals surface area contributed by atoms with E-state index in [0.717, 1.165) is 38.9 Å². The van der Waals surface area contributed by atoms with E-state index in [9.17, 15) is 0 Å². The summed E-state index contributed by atoms with van der Waals surface area (Å²) in [4.78, 5) is 4.59. The van der Waals surface area contributed by atoms with E-state index in [1.54, 1.807) is 0 Å². The van der Waals surface area contributed by atoms with E-state index in [0.29, 0.717) is 0 Å². The van der Waals surface area contributed by atoms with Gasteiger partial charge in [-0.3, -0.25) is 0 Å². The lowest BCUT2D eigenvalue weighted by Crippen LogP contribution is -2.31. The number of furan rings is 1. The van der Waals surface area contributed by atoms with Crippen molar-refractivity contribution in [2.75, 3.05) is 0 Å². The third kappa shape index (κ3) is 2.06. The SMILES string of the molecule is Cc1ccc2c(oc3cc4ccccc4cc32)c1-c1nccc[n+]1C. The van der Waals surface area contributed by atoms with Crippen LogP contribution in [0, 0.1) is 6.92 Å². The Labute approximate surface area is 145 Å². The molecule has 3 nitrogen and oxygen atoms in total. The van der Waals surface area contributed by atoms with Crippen molar-refractivity contribution in [2.24, 2.45) is 7.05 Å². The van der Waals surface area contributed by atoms with Crippen LogP contribution in [-0.4, -0.2) is 4.98 Å². The number of aromatic nitrogens is 2. The van der Waals surface area contributed by atoms with Crippen molar-refractivity contribution in [1.82, 2.24) is 4.98 Å². The van der Waals surface area contributed by atoms with Crippen LogP contribution in [0.15, 0.2) is 71.4 Å². The van der Waals surface area contributed by atoms with Crippen LogP contribution < -0.4 is 4.57 Å². The number of benzene rings is 3. The Bertz CT molecular complexity index is 1270. The lowest BCUT2D eigenvalue weighted by Gasteiger charge is -2.03. The maximum atomic E-state index is 6.33. The fourth-order valence-corrected chi connectivity index (χ4v) is 3.59. The Morgan fingerprint density at radius 3 is 2.52 bits per heavy atom. The Kier molecular flexibility index (Phi) is 2.92. The van der Waals surface area contributed by atoms with Gasteiger partial charge in [-0.15, -0.1) is 0 Å². The molecule has 3 heteroatoms. The van der Waals surface area contributed by atoms with E-state index in [1.807, 2.05) is 30.1 Å². The van der Waals surface area contributed by atoms with Crippen LogP contribution >= 0.6 is 0 Å². The lowest BCUT2D eigenvalue weighted by atomic mass is 10.0. The zero-order valence-corrected chi connectivity index (χ0v) is 14.2. The summed E-state index contributed by atoms with van der Waals surface area (Å²) in [5, 5.41) is 4.69. The monoisotopic (exact) mass is 325 g/mol. The van der Waals surface area contributed by atoms with Gasteiger partial charge >= 0.3 is 5.82 Å². The minimum atomic E-state index is 0.902. The summed E-state index contributed by atoms with van der Waals surface area (Å²) >= 11 is 0. The number of aryl methyl sites for hydroxylation is 2. The third-order valence-corrected chi connectivity index (χ3v) is 4.87. The van der Waals surface area contributed by atoms with Gasteiger partial charge in [-0.1, -0.05) is 36.4 Å². The van der Waals surface area contributed by atoms with E-state index in [2.05, 4.69) is 60.4 Å². The Hall–Kier alpha value is -3.20. The highest BCUT2D eigenvalue weighted by molar-refractivity contribution is 6.13. The molecule has 0 saturated carbocycles. The summed E-state index contributed by atoms with van der Waals surface area (Å²) in [6, 6.07) is 19.0. The van der Waals surface area contributed by atoms with Gasteiger partial charge < -0.3 is 4.42 Å². The molecule has 0 saturated heterocycles. The molecular weight excluding hydrogens is 308 g/mol. The topological polar surface area (TPSA) is 29.9 Å². The van der Waals surface area contributed by atoms with E-state index in [-0.39, 0.29) is 0 Å². The highest BCUT2D eigenvalue weighted by Gasteiger charge is 2.22. The number of fused-ring (bicyclic) bond motifs is 4. The molecule has 0 unspecified atom stereocenters. The second-order valence-corrected chi connectivity index (χ2v) is 6.49. The summed E-state index contributed by atoms with van der Waals surface area (Å²) < 4.78 is 8.36. The molecule has 0 atom stereocenters. The van der Waals surface area contributed by atoms with Gasteiger partial charge in [0.1, 0.15) is 17.3 Å². The fourth-order valence-electron chi connectivity index (χ4n) is 3.59. The van der Waals surface area contributed by atoms with Crippen molar-refractivity contribution >= 4 is 32.7 Å². The lowest BCUT2D eigenvalue weighted by molar-refractivity contribution is -0.663. The first-order valence-electron chi connectivity index (χ1n) is 8.38. The third-order valence-electron chi connectivity index (χ3n) is 4.87. The van der Waals surface area contributed by atoms with Crippen LogP contribution in [0.1, 0.15) is 5.56 Å². The Balaban J connectivity index is 1.94. The molecule has 120 valence electrons. The molecule has 5 rings (SSSR count). The quantitative estimate of drug-likeness (QED) is 0.409. The van der Waals surface area contributed by atoms with Crippen LogP contribution in [0.2, 0.25) is 0 Å². The molecule has 0 fully saturated rings. The van der Waals surface area contributed by atoms with Crippen molar-refractivity contribution in [2.45, 2.75) is 6.92 Å². The van der Waals surface area contributed by atoms with Gasteiger partial charge in [-0.2, -0.15) is 0 Å². The van der Waals surface area contributed by atoms with Crippen LogP contribution in [-0.2, 0) is 7.05 Å². The van der Waals surface area contributed by atoms with Crippen molar-refractivity contribution in [1.29, 1.82) is 0 Å². The van der Waals surface area contributed by atoms with E-state index >= 15 is 0 Å². The second-order valence-electron chi connectivity index (χ2n) is 6.49. The van der Waals surface area contributed by atoms with Gasteiger partial charge in [0, 0.05) is 16.8 Å². The zero-order chi connectivity index (χ0) is 17.0. The van der Waals surface area contributed by atoms with E-state index in [4.69, 9.17) is 4.42 Å². The van der Waals surface area contributed by atoms with Crippen LogP contribution in [0.3, 0.4) is 0 Å². The first-order chi connectivity index (χ1) is 12.2. The standard InChI is InChI=1S/C22H17N2O/c1-14-8-9-17-18-12-15-6-3-4-7-16(15)13-19(18)25-21(17)20(14)22-23-10-5-11-24(22)2/h3-13H,1-2H3/q+1. The van der Waals surface area contributed by atoms with Crippen molar-refractivity contribution in [3.8, 4) is 11.4 Å². The molecule has 2 aromatic heterocycles. The molecule has 0 spiro atoms. The molecule has 0 aliphatic heterocycles. The van der Waals surface area contributed by atoms with Crippen LogP contribution in [0.5, 0.6) is 0 Å². The molecule has 0 aliphatic carbocycles. The van der Waals surface area contributed by atoms with Crippen molar-refractivity contribution in [3.63, 3.8) is 0 Å². The summed E-state index contributed by atoms with van der Waals surface area (Å²) in [6.45, 7) is 2.10. The molecular formula is C22H17N2O+. The molecule has 0 radical (unpaired) electrons. The molecule has 2 heterocycles.